The van der Waals surface area contributed by atoms with Crippen LogP contribution in [0.25, 0.3) is 5.69 Å². The predicted molar refractivity (Wildman–Crippen MR) is 106 cm³/mol. The number of rotatable bonds is 7. The van der Waals surface area contributed by atoms with E-state index in [4.69, 9.17) is 17.0 Å². The van der Waals surface area contributed by atoms with Crippen LogP contribution in [-0.2, 0) is 13.2 Å². The fourth-order valence-corrected chi connectivity index (χ4v) is 3.27. The van der Waals surface area contributed by atoms with Crippen LogP contribution < -0.4 is 4.74 Å². The minimum atomic E-state index is 0.632. The van der Waals surface area contributed by atoms with E-state index in [1.54, 1.807) is 0 Å². The Morgan fingerprint density at radius 2 is 1.77 bits per heavy atom. The lowest BCUT2D eigenvalue weighted by atomic mass is 10.2. The van der Waals surface area contributed by atoms with Gasteiger partial charge < -0.3 is 4.74 Å². The molecule has 3 aromatic rings. The summed E-state index contributed by atoms with van der Waals surface area (Å²) in [4.78, 5) is 2.19. The molecule has 6 heteroatoms. The summed E-state index contributed by atoms with van der Waals surface area (Å²) in [5.41, 5.74) is 2.26. The molecule has 26 heavy (non-hydrogen) atoms. The van der Waals surface area contributed by atoms with E-state index in [-0.39, 0.29) is 0 Å². The van der Waals surface area contributed by atoms with Crippen LogP contribution >= 0.6 is 12.2 Å². The molecule has 0 N–H and O–H groups in total. The van der Waals surface area contributed by atoms with Crippen molar-refractivity contribution in [2.45, 2.75) is 27.1 Å². The Bertz CT molecular complexity index is 900. The molecular weight excluding hydrogens is 344 g/mol. The molecular formula is C20H24N4OS. The summed E-state index contributed by atoms with van der Waals surface area (Å²) in [6.07, 6.45) is 0. The Hall–Kier alpha value is -2.44. The number of aromatic nitrogens is 3. The number of ether oxygens (including phenoxy) is 1. The van der Waals surface area contributed by atoms with Crippen LogP contribution in [0.1, 0.15) is 18.3 Å². The number of hydrogen-bond donors (Lipinski definition) is 0. The Morgan fingerprint density at radius 1 is 1.08 bits per heavy atom. The number of nitrogens with zero attached hydrogens (tertiary/aromatic N) is 4. The van der Waals surface area contributed by atoms with Crippen LogP contribution in [0.15, 0.2) is 54.6 Å². The monoisotopic (exact) mass is 368 g/mol. The van der Waals surface area contributed by atoms with Crippen molar-refractivity contribution in [1.29, 1.82) is 0 Å². The van der Waals surface area contributed by atoms with Gasteiger partial charge in [-0.15, -0.1) is 0 Å². The van der Waals surface area contributed by atoms with Crippen molar-refractivity contribution in [3.63, 3.8) is 0 Å². The largest absolute Gasteiger partial charge is 0.494 e. The molecule has 0 aliphatic carbocycles. The lowest BCUT2D eigenvalue weighted by molar-refractivity contribution is 0.243. The lowest BCUT2D eigenvalue weighted by Crippen LogP contribution is -2.22. The summed E-state index contributed by atoms with van der Waals surface area (Å²) in [6, 6.07) is 18.3. The van der Waals surface area contributed by atoms with E-state index >= 15 is 0 Å². The summed E-state index contributed by atoms with van der Waals surface area (Å²) < 4.78 is 10.1. The molecule has 2 aromatic carbocycles. The topological polar surface area (TPSA) is 35.2 Å². The standard InChI is InChI=1S/C20H24N4OS/c1-4-25-19-12-10-17(11-13-19)14-22(3)15-23-20(26)24(16(2)21-23)18-8-6-5-7-9-18/h5-13H,4,14-15H2,1-3H3. The number of benzene rings is 2. The van der Waals surface area contributed by atoms with Crippen LogP contribution in [0.5, 0.6) is 5.75 Å². The Kier molecular flexibility index (Phi) is 5.85. The SMILES string of the molecule is CCOc1ccc(CN(C)Cn2nc(C)n(-c3ccccc3)c2=S)cc1. The quantitative estimate of drug-likeness (QED) is 0.586. The third-order valence-corrected chi connectivity index (χ3v) is 4.47. The number of aryl methyl sites for hydroxylation is 1. The summed E-state index contributed by atoms with van der Waals surface area (Å²) in [5.74, 6) is 1.79. The zero-order valence-corrected chi connectivity index (χ0v) is 16.2. The van der Waals surface area contributed by atoms with Crippen LogP contribution in [0.2, 0.25) is 0 Å². The molecule has 0 unspecified atom stereocenters. The molecule has 0 atom stereocenters. The second kappa shape index (κ2) is 8.29. The molecule has 0 amide bonds. The van der Waals surface area contributed by atoms with Crippen molar-refractivity contribution in [2.75, 3.05) is 13.7 Å². The average molecular weight is 369 g/mol. The van der Waals surface area contributed by atoms with Gasteiger partial charge in [-0.3, -0.25) is 9.47 Å². The zero-order valence-electron chi connectivity index (χ0n) is 15.4. The summed E-state index contributed by atoms with van der Waals surface area (Å²) in [5, 5.41) is 4.62. The van der Waals surface area contributed by atoms with E-state index in [2.05, 4.69) is 29.2 Å². The van der Waals surface area contributed by atoms with Gasteiger partial charge in [0.2, 0.25) is 4.77 Å². The van der Waals surface area contributed by atoms with Gasteiger partial charge in [0, 0.05) is 12.2 Å². The highest BCUT2D eigenvalue weighted by molar-refractivity contribution is 7.71. The van der Waals surface area contributed by atoms with Crippen molar-refractivity contribution in [3.05, 3.63) is 70.8 Å². The highest BCUT2D eigenvalue weighted by atomic mass is 32.1. The zero-order chi connectivity index (χ0) is 18.5. The van der Waals surface area contributed by atoms with Crippen molar-refractivity contribution >= 4 is 12.2 Å². The van der Waals surface area contributed by atoms with E-state index < -0.39 is 0 Å². The summed E-state index contributed by atoms with van der Waals surface area (Å²) in [7, 11) is 2.06. The van der Waals surface area contributed by atoms with Gasteiger partial charge in [0.05, 0.1) is 13.3 Å². The maximum Gasteiger partial charge on any atom is 0.203 e. The van der Waals surface area contributed by atoms with E-state index in [0.717, 1.165) is 23.8 Å². The van der Waals surface area contributed by atoms with Gasteiger partial charge in [0.15, 0.2) is 0 Å². The average Bonchev–Trinajstić information content (AvgIpc) is 2.91. The maximum atomic E-state index is 5.64. The molecule has 5 nitrogen and oxygen atoms in total. The van der Waals surface area contributed by atoms with Gasteiger partial charge in [0.25, 0.3) is 0 Å². The molecule has 1 aromatic heterocycles. The first kappa shape index (κ1) is 18.4. The molecule has 0 fully saturated rings. The van der Waals surface area contributed by atoms with E-state index in [9.17, 15) is 0 Å². The fourth-order valence-electron chi connectivity index (χ4n) is 2.93. The number of para-hydroxylation sites is 1. The Morgan fingerprint density at radius 3 is 2.42 bits per heavy atom. The minimum Gasteiger partial charge on any atom is -0.494 e. The second-order valence-electron chi connectivity index (χ2n) is 6.23. The van der Waals surface area contributed by atoms with Crippen LogP contribution in [0.4, 0.5) is 0 Å². The maximum absolute atomic E-state index is 5.64. The number of hydrogen-bond acceptors (Lipinski definition) is 4. The van der Waals surface area contributed by atoms with Gasteiger partial charge in [-0.1, -0.05) is 30.3 Å². The molecule has 0 saturated carbocycles. The van der Waals surface area contributed by atoms with Gasteiger partial charge in [-0.05, 0) is 62.9 Å². The molecule has 0 bridgehead atoms. The van der Waals surface area contributed by atoms with E-state index in [1.165, 1.54) is 5.56 Å². The molecule has 1 heterocycles. The highest BCUT2D eigenvalue weighted by Crippen LogP contribution is 2.15. The normalized spacial score (nSPS) is 11.1. The smallest absolute Gasteiger partial charge is 0.203 e. The third kappa shape index (κ3) is 4.20. The molecule has 0 radical (unpaired) electrons. The molecule has 0 spiro atoms. The van der Waals surface area contributed by atoms with Gasteiger partial charge in [-0.25, -0.2) is 4.68 Å². The molecule has 3 rings (SSSR count). The van der Waals surface area contributed by atoms with Crippen LogP contribution in [0, 0.1) is 11.7 Å². The molecule has 0 aliphatic heterocycles. The fraction of sp³-hybridized carbons (Fsp3) is 0.300. The third-order valence-electron chi connectivity index (χ3n) is 4.08. The second-order valence-corrected chi connectivity index (χ2v) is 6.60. The van der Waals surface area contributed by atoms with Crippen LogP contribution in [0.3, 0.4) is 0 Å². The van der Waals surface area contributed by atoms with Crippen LogP contribution in [-0.4, -0.2) is 32.9 Å². The van der Waals surface area contributed by atoms with E-state index in [0.29, 0.717) is 18.0 Å². The van der Waals surface area contributed by atoms with Crippen molar-refractivity contribution < 1.29 is 4.74 Å². The van der Waals surface area contributed by atoms with Crippen molar-refractivity contribution in [2.24, 2.45) is 0 Å². The minimum absolute atomic E-state index is 0.632. The molecule has 136 valence electrons. The highest BCUT2D eigenvalue weighted by Gasteiger charge is 2.10. The van der Waals surface area contributed by atoms with Gasteiger partial charge in [0.1, 0.15) is 11.6 Å². The van der Waals surface area contributed by atoms with E-state index in [1.807, 2.05) is 65.6 Å². The van der Waals surface area contributed by atoms with Gasteiger partial charge >= 0.3 is 0 Å². The van der Waals surface area contributed by atoms with Gasteiger partial charge in [-0.2, -0.15) is 5.10 Å². The summed E-state index contributed by atoms with van der Waals surface area (Å²) in [6.45, 7) is 6.09. The van der Waals surface area contributed by atoms with Crippen molar-refractivity contribution in [1.82, 2.24) is 19.2 Å². The van der Waals surface area contributed by atoms with Crippen molar-refractivity contribution in [3.8, 4) is 11.4 Å². The first-order valence-corrected chi connectivity index (χ1v) is 9.11. The molecule has 0 aliphatic rings. The Balaban J connectivity index is 1.72. The lowest BCUT2D eigenvalue weighted by Gasteiger charge is -2.16. The first-order chi connectivity index (χ1) is 12.6. The molecule has 0 saturated heterocycles. The Labute approximate surface area is 159 Å². The first-order valence-electron chi connectivity index (χ1n) is 8.70. The predicted octanol–water partition coefficient (Wildman–Crippen LogP) is 4.20. The summed E-state index contributed by atoms with van der Waals surface area (Å²) >= 11 is 5.64.